The summed E-state index contributed by atoms with van der Waals surface area (Å²) in [4.78, 5) is 28.1. The molecule has 0 aromatic carbocycles. The maximum absolute atomic E-state index is 12.0. The van der Waals surface area contributed by atoms with Crippen LogP contribution in [0.25, 0.3) is 0 Å². The van der Waals surface area contributed by atoms with E-state index in [0.717, 1.165) is 11.4 Å². The number of rotatable bonds is 5. The number of pyridine rings is 1. The van der Waals surface area contributed by atoms with Crippen molar-refractivity contribution >= 4 is 11.6 Å². The molecule has 0 atom stereocenters. The van der Waals surface area contributed by atoms with E-state index in [2.05, 4.69) is 4.98 Å². The fourth-order valence-corrected chi connectivity index (χ4v) is 1.54. The Morgan fingerprint density at radius 1 is 1.11 bits per heavy atom. The van der Waals surface area contributed by atoms with Gasteiger partial charge in [-0.1, -0.05) is 40.7 Å². The van der Waals surface area contributed by atoms with Crippen molar-refractivity contribution in [1.82, 2.24) is 4.98 Å². The van der Waals surface area contributed by atoms with Crippen LogP contribution >= 0.6 is 0 Å². The standard InChI is InChI=1S/C16H23NO2/c1-11(2)14(18)9-12-7-6-8-13(17-12)10-15(19)16(3,4)5/h6-8,11H,9-10H2,1-5H3. The Hall–Kier alpha value is -1.51. The fourth-order valence-electron chi connectivity index (χ4n) is 1.54. The largest absolute Gasteiger partial charge is 0.299 e. The predicted octanol–water partition coefficient (Wildman–Crippen LogP) is 3.01. The van der Waals surface area contributed by atoms with E-state index in [1.807, 2.05) is 52.8 Å². The molecule has 0 unspecified atom stereocenters. The highest BCUT2D eigenvalue weighted by Crippen LogP contribution is 2.17. The molecule has 0 aliphatic rings. The van der Waals surface area contributed by atoms with Gasteiger partial charge in [-0.2, -0.15) is 0 Å². The number of ketones is 2. The molecule has 3 heteroatoms. The Bertz CT molecular complexity index is 470. The quantitative estimate of drug-likeness (QED) is 0.818. The fraction of sp³-hybridized carbons (Fsp3) is 0.562. The molecule has 104 valence electrons. The number of aromatic nitrogens is 1. The zero-order valence-corrected chi connectivity index (χ0v) is 12.5. The smallest absolute Gasteiger partial charge is 0.144 e. The Balaban J connectivity index is 2.78. The summed E-state index contributed by atoms with van der Waals surface area (Å²) < 4.78 is 0. The molecular weight excluding hydrogens is 238 g/mol. The molecule has 0 radical (unpaired) electrons. The van der Waals surface area contributed by atoms with Gasteiger partial charge < -0.3 is 0 Å². The zero-order valence-electron chi connectivity index (χ0n) is 12.5. The minimum atomic E-state index is -0.356. The number of carbonyl (C=O) groups is 2. The lowest BCUT2D eigenvalue weighted by Gasteiger charge is -2.16. The van der Waals surface area contributed by atoms with E-state index in [0.29, 0.717) is 12.8 Å². The van der Waals surface area contributed by atoms with Gasteiger partial charge in [0.25, 0.3) is 0 Å². The molecule has 1 heterocycles. The van der Waals surface area contributed by atoms with Crippen molar-refractivity contribution in [1.29, 1.82) is 0 Å². The lowest BCUT2D eigenvalue weighted by molar-refractivity contribution is -0.125. The highest BCUT2D eigenvalue weighted by atomic mass is 16.1. The van der Waals surface area contributed by atoms with Crippen molar-refractivity contribution in [2.24, 2.45) is 11.3 Å². The molecule has 0 fully saturated rings. The van der Waals surface area contributed by atoms with Gasteiger partial charge in [0.2, 0.25) is 0 Å². The third kappa shape index (κ3) is 4.93. The number of hydrogen-bond donors (Lipinski definition) is 0. The zero-order chi connectivity index (χ0) is 14.6. The SMILES string of the molecule is CC(C)C(=O)Cc1cccc(CC(=O)C(C)(C)C)n1. The van der Waals surface area contributed by atoms with Crippen LogP contribution in [0.4, 0.5) is 0 Å². The average molecular weight is 261 g/mol. The molecule has 1 aromatic rings. The van der Waals surface area contributed by atoms with E-state index >= 15 is 0 Å². The summed E-state index contributed by atoms with van der Waals surface area (Å²) in [5.41, 5.74) is 1.14. The number of hydrogen-bond acceptors (Lipinski definition) is 3. The normalized spacial score (nSPS) is 11.7. The van der Waals surface area contributed by atoms with Crippen molar-refractivity contribution < 1.29 is 9.59 Å². The maximum Gasteiger partial charge on any atom is 0.144 e. The van der Waals surface area contributed by atoms with E-state index in [1.54, 1.807) is 0 Å². The van der Waals surface area contributed by atoms with Gasteiger partial charge in [-0.3, -0.25) is 14.6 Å². The lowest BCUT2D eigenvalue weighted by atomic mass is 9.88. The molecule has 19 heavy (non-hydrogen) atoms. The molecule has 0 saturated carbocycles. The molecule has 0 aliphatic carbocycles. The van der Waals surface area contributed by atoms with E-state index < -0.39 is 0 Å². The Kier molecular flexibility index (Phi) is 4.98. The number of nitrogens with zero attached hydrogens (tertiary/aromatic N) is 1. The van der Waals surface area contributed by atoms with Gasteiger partial charge in [0.15, 0.2) is 0 Å². The molecule has 0 saturated heterocycles. The van der Waals surface area contributed by atoms with Gasteiger partial charge in [0, 0.05) is 35.6 Å². The van der Waals surface area contributed by atoms with Gasteiger partial charge in [0.05, 0.1) is 0 Å². The van der Waals surface area contributed by atoms with E-state index in [9.17, 15) is 9.59 Å². The summed E-state index contributed by atoms with van der Waals surface area (Å²) in [5, 5.41) is 0. The predicted molar refractivity (Wildman–Crippen MR) is 76.0 cm³/mol. The molecule has 0 amide bonds. The van der Waals surface area contributed by atoms with Crippen molar-refractivity contribution in [3.63, 3.8) is 0 Å². The first-order chi connectivity index (χ1) is 8.70. The van der Waals surface area contributed by atoms with Crippen LogP contribution in [-0.4, -0.2) is 16.6 Å². The summed E-state index contributed by atoms with van der Waals surface area (Å²) in [7, 11) is 0. The van der Waals surface area contributed by atoms with Crippen LogP contribution in [0, 0.1) is 11.3 Å². The minimum absolute atomic E-state index is 0.0154. The monoisotopic (exact) mass is 261 g/mol. The van der Waals surface area contributed by atoms with Crippen LogP contribution < -0.4 is 0 Å². The van der Waals surface area contributed by atoms with Gasteiger partial charge in [0.1, 0.15) is 11.6 Å². The van der Waals surface area contributed by atoms with Crippen LogP contribution in [0.15, 0.2) is 18.2 Å². The Morgan fingerprint density at radius 3 is 2.11 bits per heavy atom. The summed E-state index contributed by atoms with van der Waals surface area (Å²) in [6.07, 6.45) is 0.669. The molecule has 0 N–H and O–H groups in total. The first-order valence-corrected chi connectivity index (χ1v) is 6.71. The lowest BCUT2D eigenvalue weighted by Crippen LogP contribution is -2.22. The molecule has 0 bridgehead atoms. The van der Waals surface area contributed by atoms with Gasteiger partial charge in [-0.05, 0) is 12.1 Å². The van der Waals surface area contributed by atoms with Gasteiger partial charge in [-0.25, -0.2) is 0 Å². The highest BCUT2D eigenvalue weighted by molar-refractivity contribution is 5.85. The number of carbonyl (C=O) groups excluding carboxylic acids is 2. The van der Waals surface area contributed by atoms with Crippen molar-refractivity contribution in [3.8, 4) is 0 Å². The van der Waals surface area contributed by atoms with Crippen LogP contribution in [0.2, 0.25) is 0 Å². The topological polar surface area (TPSA) is 47.0 Å². The van der Waals surface area contributed by atoms with E-state index in [4.69, 9.17) is 0 Å². The van der Waals surface area contributed by atoms with Crippen LogP contribution in [0.3, 0.4) is 0 Å². The third-order valence-electron chi connectivity index (χ3n) is 3.04. The number of Topliss-reactive ketones (excluding diaryl/α,β-unsaturated/α-hetero) is 2. The molecular formula is C16H23NO2. The summed E-state index contributed by atoms with van der Waals surface area (Å²) >= 11 is 0. The highest BCUT2D eigenvalue weighted by Gasteiger charge is 2.21. The van der Waals surface area contributed by atoms with Gasteiger partial charge in [-0.15, -0.1) is 0 Å². The first-order valence-electron chi connectivity index (χ1n) is 6.71. The second kappa shape index (κ2) is 6.09. The third-order valence-corrected chi connectivity index (χ3v) is 3.04. The summed E-state index contributed by atoms with van der Waals surface area (Å²) in [6, 6.07) is 5.54. The molecule has 0 aliphatic heterocycles. The Morgan fingerprint density at radius 2 is 1.63 bits per heavy atom. The molecule has 1 rings (SSSR count). The van der Waals surface area contributed by atoms with Crippen molar-refractivity contribution in [3.05, 3.63) is 29.6 Å². The Labute approximate surface area is 115 Å². The molecule has 3 nitrogen and oxygen atoms in total. The molecule has 1 aromatic heterocycles. The van der Waals surface area contributed by atoms with Gasteiger partial charge >= 0.3 is 0 Å². The van der Waals surface area contributed by atoms with E-state index in [1.165, 1.54) is 0 Å². The summed E-state index contributed by atoms with van der Waals surface area (Å²) in [6.45, 7) is 9.48. The average Bonchev–Trinajstić information content (AvgIpc) is 2.27. The summed E-state index contributed by atoms with van der Waals surface area (Å²) in [5.74, 6) is 0.348. The second-order valence-electron chi connectivity index (χ2n) is 6.27. The van der Waals surface area contributed by atoms with Crippen molar-refractivity contribution in [2.75, 3.05) is 0 Å². The van der Waals surface area contributed by atoms with E-state index in [-0.39, 0.29) is 22.9 Å². The van der Waals surface area contributed by atoms with Crippen LogP contribution in [-0.2, 0) is 22.4 Å². The molecule has 0 spiro atoms. The first kappa shape index (κ1) is 15.5. The minimum Gasteiger partial charge on any atom is -0.299 e. The van der Waals surface area contributed by atoms with Crippen LogP contribution in [0.5, 0.6) is 0 Å². The maximum atomic E-state index is 12.0. The second-order valence-corrected chi connectivity index (χ2v) is 6.27. The van der Waals surface area contributed by atoms with Crippen molar-refractivity contribution in [2.45, 2.75) is 47.5 Å². The van der Waals surface area contributed by atoms with Crippen LogP contribution in [0.1, 0.15) is 46.0 Å².